The maximum absolute atomic E-state index is 11.6. The highest BCUT2D eigenvalue weighted by molar-refractivity contribution is 5.76. The molecular weight excluding hydrogens is 164 g/mol. The van der Waals surface area contributed by atoms with Crippen molar-refractivity contribution in [3.05, 3.63) is 0 Å². The second kappa shape index (κ2) is 3.66. The standard InChI is InChI=1S/C10H18N2O/c1-2-10(13)12-7-6-11-8-4-3-5-9(8)12/h8-9,11H,2-7H2,1H3. The zero-order chi connectivity index (χ0) is 9.26. The normalized spacial score (nSPS) is 33.2. The van der Waals surface area contributed by atoms with E-state index in [-0.39, 0.29) is 0 Å². The Morgan fingerprint density at radius 1 is 1.54 bits per heavy atom. The van der Waals surface area contributed by atoms with Crippen LogP contribution in [0.25, 0.3) is 0 Å². The Morgan fingerprint density at radius 2 is 2.38 bits per heavy atom. The van der Waals surface area contributed by atoms with Crippen LogP contribution in [-0.2, 0) is 4.79 Å². The number of carbonyl (C=O) groups is 1. The second-order valence-electron chi connectivity index (χ2n) is 4.00. The summed E-state index contributed by atoms with van der Waals surface area (Å²) < 4.78 is 0. The first-order valence-corrected chi connectivity index (χ1v) is 5.35. The van der Waals surface area contributed by atoms with Crippen LogP contribution in [0.3, 0.4) is 0 Å². The van der Waals surface area contributed by atoms with Crippen LogP contribution < -0.4 is 5.32 Å². The van der Waals surface area contributed by atoms with Crippen LogP contribution in [0.2, 0.25) is 0 Å². The predicted octanol–water partition coefficient (Wildman–Crippen LogP) is 0.749. The molecule has 1 aliphatic carbocycles. The first-order chi connectivity index (χ1) is 6.33. The fraction of sp³-hybridized carbons (Fsp3) is 0.900. The van der Waals surface area contributed by atoms with Crippen molar-refractivity contribution in [2.75, 3.05) is 13.1 Å². The van der Waals surface area contributed by atoms with E-state index in [0.29, 0.717) is 24.4 Å². The monoisotopic (exact) mass is 182 g/mol. The van der Waals surface area contributed by atoms with Crippen molar-refractivity contribution in [3.63, 3.8) is 0 Å². The van der Waals surface area contributed by atoms with Crippen molar-refractivity contribution < 1.29 is 4.79 Å². The second-order valence-corrected chi connectivity index (χ2v) is 4.00. The molecule has 1 N–H and O–H groups in total. The quantitative estimate of drug-likeness (QED) is 0.649. The third kappa shape index (κ3) is 1.57. The van der Waals surface area contributed by atoms with Crippen molar-refractivity contribution in [2.45, 2.75) is 44.7 Å². The van der Waals surface area contributed by atoms with Crippen molar-refractivity contribution in [3.8, 4) is 0 Å². The summed E-state index contributed by atoms with van der Waals surface area (Å²) in [5.74, 6) is 0.332. The van der Waals surface area contributed by atoms with E-state index in [1.807, 2.05) is 6.92 Å². The largest absolute Gasteiger partial charge is 0.337 e. The first-order valence-electron chi connectivity index (χ1n) is 5.35. The Hall–Kier alpha value is -0.570. The van der Waals surface area contributed by atoms with E-state index in [9.17, 15) is 4.79 Å². The van der Waals surface area contributed by atoms with Crippen LogP contribution in [0.1, 0.15) is 32.6 Å². The summed E-state index contributed by atoms with van der Waals surface area (Å²) in [6, 6.07) is 1.09. The summed E-state index contributed by atoms with van der Waals surface area (Å²) in [6.07, 6.45) is 4.38. The van der Waals surface area contributed by atoms with E-state index in [1.54, 1.807) is 0 Å². The lowest BCUT2D eigenvalue weighted by Crippen LogP contribution is -2.57. The highest BCUT2D eigenvalue weighted by Gasteiger charge is 2.36. The number of piperazine rings is 1. The van der Waals surface area contributed by atoms with Gasteiger partial charge in [-0.3, -0.25) is 4.79 Å². The van der Waals surface area contributed by atoms with Gasteiger partial charge < -0.3 is 10.2 Å². The minimum absolute atomic E-state index is 0.332. The number of nitrogens with zero attached hydrogens (tertiary/aromatic N) is 1. The molecule has 1 amide bonds. The van der Waals surface area contributed by atoms with Gasteiger partial charge in [0, 0.05) is 31.6 Å². The van der Waals surface area contributed by atoms with Gasteiger partial charge in [-0.2, -0.15) is 0 Å². The van der Waals surface area contributed by atoms with Gasteiger partial charge in [0.05, 0.1) is 0 Å². The molecular formula is C10H18N2O. The summed E-state index contributed by atoms with van der Waals surface area (Å²) in [7, 11) is 0. The average molecular weight is 182 g/mol. The molecule has 0 radical (unpaired) electrons. The summed E-state index contributed by atoms with van der Waals surface area (Å²) in [5, 5.41) is 3.50. The van der Waals surface area contributed by atoms with Gasteiger partial charge >= 0.3 is 0 Å². The zero-order valence-corrected chi connectivity index (χ0v) is 8.25. The maximum atomic E-state index is 11.6. The number of nitrogens with one attached hydrogen (secondary N) is 1. The van der Waals surface area contributed by atoms with Crippen molar-refractivity contribution >= 4 is 5.91 Å². The Balaban J connectivity index is 2.05. The zero-order valence-electron chi connectivity index (χ0n) is 8.25. The Morgan fingerprint density at radius 3 is 3.15 bits per heavy atom. The maximum Gasteiger partial charge on any atom is 0.222 e. The molecule has 2 aliphatic rings. The van der Waals surface area contributed by atoms with Gasteiger partial charge in [-0.05, 0) is 19.3 Å². The molecule has 1 saturated carbocycles. The Labute approximate surface area is 79.5 Å². The Bertz CT molecular complexity index is 205. The highest BCUT2D eigenvalue weighted by atomic mass is 16.2. The van der Waals surface area contributed by atoms with E-state index >= 15 is 0 Å². The number of carbonyl (C=O) groups excluding carboxylic acids is 1. The summed E-state index contributed by atoms with van der Waals surface area (Å²) in [6.45, 7) is 3.84. The molecule has 2 atom stereocenters. The molecule has 0 aromatic rings. The molecule has 1 aliphatic heterocycles. The summed E-state index contributed by atoms with van der Waals surface area (Å²) >= 11 is 0. The number of hydrogen-bond acceptors (Lipinski definition) is 2. The molecule has 2 rings (SSSR count). The van der Waals surface area contributed by atoms with Crippen LogP contribution in [-0.4, -0.2) is 36.0 Å². The molecule has 2 fully saturated rings. The van der Waals surface area contributed by atoms with Crippen molar-refractivity contribution in [1.29, 1.82) is 0 Å². The van der Waals surface area contributed by atoms with E-state index in [2.05, 4.69) is 10.2 Å². The van der Waals surface area contributed by atoms with Crippen LogP contribution in [0.15, 0.2) is 0 Å². The molecule has 0 spiro atoms. The third-order valence-corrected chi connectivity index (χ3v) is 3.26. The van der Waals surface area contributed by atoms with Crippen LogP contribution >= 0.6 is 0 Å². The Kier molecular flexibility index (Phi) is 2.54. The summed E-state index contributed by atoms with van der Waals surface area (Å²) in [4.78, 5) is 13.7. The van der Waals surface area contributed by atoms with Gasteiger partial charge in [0.1, 0.15) is 0 Å². The third-order valence-electron chi connectivity index (χ3n) is 3.26. The predicted molar refractivity (Wildman–Crippen MR) is 51.4 cm³/mol. The smallest absolute Gasteiger partial charge is 0.222 e. The van der Waals surface area contributed by atoms with Crippen molar-refractivity contribution in [1.82, 2.24) is 10.2 Å². The van der Waals surface area contributed by atoms with E-state index in [1.165, 1.54) is 19.3 Å². The molecule has 0 aromatic heterocycles. The molecule has 1 saturated heterocycles. The molecule has 0 aromatic carbocycles. The van der Waals surface area contributed by atoms with Crippen molar-refractivity contribution in [2.24, 2.45) is 0 Å². The molecule has 1 heterocycles. The molecule has 3 heteroatoms. The van der Waals surface area contributed by atoms with Gasteiger partial charge in [0.25, 0.3) is 0 Å². The SMILES string of the molecule is CCC(=O)N1CCNC2CCCC21. The topological polar surface area (TPSA) is 32.3 Å². The average Bonchev–Trinajstić information content (AvgIpc) is 2.63. The van der Waals surface area contributed by atoms with Crippen LogP contribution in [0, 0.1) is 0 Å². The highest BCUT2D eigenvalue weighted by Crippen LogP contribution is 2.26. The van der Waals surface area contributed by atoms with Gasteiger partial charge in [-0.15, -0.1) is 0 Å². The number of hydrogen-bond donors (Lipinski definition) is 1. The number of amides is 1. The first kappa shape index (κ1) is 9.00. The molecule has 2 unspecified atom stereocenters. The molecule has 13 heavy (non-hydrogen) atoms. The van der Waals surface area contributed by atoms with E-state index < -0.39 is 0 Å². The minimum atomic E-state index is 0.332. The van der Waals surface area contributed by atoms with E-state index in [4.69, 9.17) is 0 Å². The van der Waals surface area contributed by atoms with Crippen LogP contribution in [0.4, 0.5) is 0 Å². The van der Waals surface area contributed by atoms with Gasteiger partial charge in [-0.25, -0.2) is 0 Å². The molecule has 3 nitrogen and oxygen atoms in total. The fourth-order valence-corrected chi connectivity index (χ4v) is 2.60. The summed E-state index contributed by atoms with van der Waals surface area (Å²) in [5.41, 5.74) is 0. The minimum Gasteiger partial charge on any atom is -0.337 e. The number of fused-ring (bicyclic) bond motifs is 1. The lowest BCUT2D eigenvalue weighted by molar-refractivity contribution is -0.134. The number of rotatable bonds is 1. The fourth-order valence-electron chi connectivity index (χ4n) is 2.60. The van der Waals surface area contributed by atoms with E-state index in [0.717, 1.165) is 13.1 Å². The molecule has 74 valence electrons. The van der Waals surface area contributed by atoms with Gasteiger partial charge in [-0.1, -0.05) is 6.92 Å². The molecule has 0 bridgehead atoms. The van der Waals surface area contributed by atoms with Gasteiger partial charge in [0.15, 0.2) is 0 Å². The van der Waals surface area contributed by atoms with Gasteiger partial charge in [0.2, 0.25) is 5.91 Å². The van der Waals surface area contributed by atoms with Crippen LogP contribution in [0.5, 0.6) is 0 Å². The lowest BCUT2D eigenvalue weighted by Gasteiger charge is -2.38. The lowest BCUT2D eigenvalue weighted by atomic mass is 10.1.